The van der Waals surface area contributed by atoms with E-state index in [-0.39, 0.29) is 18.0 Å². The van der Waals surface area contributed by atoms with Crippen LogP contribution in [0.25, 0.3) is 0 Å². The first-order valence-corrected chi connectivity index (χ1v) is 6.74. The fourth-order valence-electron chi connectivity index (χ4n) is 2.75. The van der Waals surface area contributed by atoms with E-state index in [0.29, 0.717) is 12.2 Å². The number of carbonyl (C=O) groups is 1. The van der Waals surface area contributed by atoms with Gasteiger partial charge in [0.2, 0.25) is 5.91 Å². The molecule has 1 saturated carbocycles. The second kappa shape index (κ2) is 5.61. The molecule has 0 saturated heterocycles. The number of hydrogen-bond acceptors (Lipinski definition) is 4. The molecule has 1 amide bonds. The summed E-state index contributed by atoms with van der Waals surface area (Å²) >= 11 is 0. The molecule has 1 aromatic rings. The summed E-state index contributed by atoms with van der Waals surface area (Å²) in [5.74, 6) is -0.0174. The normalized spacial score (nSPS) is 17.8. The van der Waals surface area contributed by atoms with Gasteiger partial charge >= 0.3 is 0 Å². The molecule has 1 fully saturated rings. The summed E-state index contributed by atoms with van der Waals surface area (Å²) < 4.78 is 1.56. The van der Waals surface area contributed by atoms with E-state index in [2.05, 4.69) is 29.4 Å². The average molecular weight is 265 g/mol. The minimum absolute atomic E-state index is 0.0174. The summed E-state index contributed by atoms with van der Waals surface area (Å²) in [4.78, 5) is 14.2. The predicted octanol–water partition coefficient (Wildman–Crippen LogP) is 0.456. The third-order valence-corrected chi connectivity index (χ3v) is 4.06. The van der Waals surface area contributed by atoms with Crippen molar-refractivity contribution in [1.82, 2.24) is 20.0 Å². The van der Waals surface area contributed by atoms with Crippen molar-refractivity contribution in [2.75, 3.05) is 26.4 Å². The predicted molar refractivity (Wildman–Crippen MR) is 74.5 cm³/mol. The highest BCUT2D eigenvalue weighted by Crippen LogP contribution is 2.32. The largest absolute Gasteiger partial charge is 0.396 e. The zero-order valence-corrected chi connectivity index (χ0v) is 11.7. The summed E-state index contributed by atoms with van der Waals surface area (Å²) in [6, 6.07) is 0. The Hall–Kier alpha value is -1.56. The van der Waals surface area contributed by atoms with Crippen LogP contribution in [0.15, 0.2) is 12.4 Å². The topological polar surface area (TPSA) is 76.2 Å². The number of aromatic nitrogens is 2. The van der Waals surface area contributed by atoms with Crippen LogP contribution < -0.4 is 11.1 Å². The highest BCUT2D eigenvalue weighted by molar-refractivity contribution is 5.75. The maximum atomic E-state index is 11.9. The molecule has 2 rings (SSSR count). The molecule has 0 radical (unpaired) electrons. The molecular weight excluding hydrogens is 242 g/mol. The average Bonchev–Trinajstić information content (AvgIpc) is 2.97. The molecular formula is C13H23N5O. The second-order valence-electron chi connectivity index (χ2n) is 5.57. The first kappa shape index (κ1) is 13.9. The third kappa shape index (κ3) is 3.26. The molecule has 0 aromatic carbocycles. The number of rotatable bonds is 5. The molecule has 0 atom stereocenters. The van der Waals surface area contributed by atoms with Gasteiger partial charge in [-0.15, -0.1) is 0 Å². The minimum Gasteiger partial charge on any atom is -0.396 e. The Bertz CT molecular complexity index is 434. The van der Waals surface area contributed by atoms with Crippen LogP contribution in [-0.2, 0) is 11.3 Å². The maximum absolute atomic E-state index is 11.9. The summed E-state index contributed by atoms with van der Waals surface area (Å²) in [5.41, 5.74) is 6.27. The highest BCUT2D eigenvalue weighted by Gasteiger charge is 2.36. The number of carbonyl (C=O) groups excluding carboxylic acids is 1. The first-order valence-electron chi connectivity index (χ1n) is 6.74. The number of hydrogen-bond donors (Lipinski definition) is 2. The minimum atomic E-state index is -0.0174. The first-order chi connectivity index (χ1) is 9.02. The molecule has 0 bridgehead atoms. The molecule has 106 valence electrons. The third-order valence-electron chi connectivity index (χ3n) is 4.06. The summed E-state index contributed by atoms with van der Waals surface area (Å²) in [7, 11) is 4.18. The Kier molecular flexibility index (Phi) is 4.09. The molecule has 1 aliphatic rings. The number of nitrogens with two attached hydrogens (primary N) is 1. The van der Waals surface area contributed by atoms with Gasteiger partial charge in [0.1, 0.15) is 6.54 Å². The van der Waals surface area contributed by atoms with Crippen LogP contribution in [-0.4, -0.2) is 46.8 Å². The SMILES string of the molecule is CN(C)C1(CNC(=O)Cn2cc(N)cn2)CCCC1. The Labute approximate surface area is 113 Å². The number of nitrogen functional groups attached to an aromatic ring is 1. The van der Waals surface area contributed by atoms with Crippen LogP contribution in [0.2, 0.25) is 0 Å². The van der Waals surface area contributed by atoms with Crippen LogP contribution in [0.1, 0.15) is 25.7 Å². The molecule has 19 heavy (non-hydrogen) atoms. The van der Waals surface area contributed by atoms with Gasteiger partial charge in [0.15, 0.2) is 0 Å². The van der Waals surface area contributed by atoms with Crippen LogP contribution in [0.5, 0.6) is 0 Å². The van der Waals surface area contributed by atoms with Crippen molar-refractivity contribution < 1.29 is 4.79 Å². The number of likely N-dealkylation sites (N-methyl/N-ethyl adjacent to an activating group) is 1. The van der Waals surface area contributed by atoms with Crippen molar-refractivity contribution in [3.63, 3.8) is 0 Å². The van der Waals surface area contributed by atoms with Crippen molar-refractivity contribution in [1.29, 1.82) is 0 Å². The summed E-state index contributed by atoms with van der Waals surface area (Å²) in [5, 5.41) is 7.03. The monoisotopic (exact) mass is 265 g/mol. The number of anilines is 1. The molecule has 0 aliphatic heterocycles. The van der Waals surface area contributed by atoms with Crippen LogP contribution in [0, 0.1) is 0 Å². The van der Waals surface area contributed by atoms with Crippen LogP contribution in [0.3, 0.4) is 0 Å². The zero-order chi connectivity index (χ0) is 13.9. The molecule has 1 heterocycles. The smallest absolute Gasteiger partial charge is 0.241 e. The quantitative estimate of drug-likeness (QED) is 0.811. The molecule has 6 nitrogen and oxygen atoms in total. The molecule has 6 heteroatoms. The van der Waals surface area contributed by atoms with Crippen LogP contribution in [0.4, 0.5) is 5.69 Å². The lowest BCUT2D eigenvalue weighted by Gasteiger charge is -2.36. The lowest BCUT2D eigenvalue weighted by Crippen LogP contribution is -2.51. The van der Waals surface area contributed by atoms with E-state index < -0.39 is 0 Å². The Morgan fingerprint density at radius 1 is 1.53 bits per heavy atom. The van der Waals surface area contributed by atoms with Gasteiger partial charge in [-0.25, -0.2) is 0 Å². The van der Waals surface area contributed by atoms with E-state index in [9.17, 15) is 4.79 Å². The lowest BCUT2D eigenvalue weighted by atomic mass is 9.96. The van der Waals surface area contributed by atoms with E-state index in [0.717, 1.165) is 12.8 Å². The standard InChI is InChI=1S/C13H23N5O/c1-17(2)13(5-3-4-6-13)10-15-12(19)9-18-8-11(14)7-16-18/h7-8H,3-6,9-10,14H2,1-2H3,(H,15,19). The van der Waals surface area contributed by atoms with E-state index in [4.69, 9.17) is 5.73 Å². The lowest BCUT2D eigenvalue weighted by molar-refractivity contribution is -0.122. The summed E-state index contributed by atoms with van der Waals surface area (Å²) in [6.07, 6.45) is 7.99. The molecule has 3 N–H and O–H groups in total. The molecule has 1 aromatic heterocycles. The van der Waals surface area contributed by atoms with Crippen LogP contribution >= 0.6 is 0 Å². The Balaban J connectivity index is 1.85. The van der Waals surface area contributed by atoms with Gasteiger partial charge in [0.05, 0.1) is 11.9 Å². The van der Waals surface area contributed by atoms with E-state index in [1.54, 1.807) is 17.1 Å². The summed E-state index contributed by atoms with van der Waals surface area (Å²) in [6.45, 7) is 0.927. The molecule has 1 aliphatic carbocycles. The fraction of sp³-hybridized carbons (Fsp3) is 0.692. The van der Waals surface area contributed by atoms with E-state index >= 15 is 0 Å². The van der Waals surface area contributed by atoms with Gasteiger partial charge in [0, 0.05) is 18.3 Å². The molecule has 0 unspecified atom stereocenters. The van der Waals surface area contributed by atoms with E-state index in [1.807, 2.05) is 0 Å². The van der Waals surface area contributed by atoms with Gasteiger partial charge in [-0.05, 0) is 26.9 Å². The van der Waals surface area contributed by atoms with Gasteiger partial charge in [-0.3, -0.25) is 9.48 Å². The second-order valence-corrected chi connectivity index (χ2v) is 5.57. The van der Waals surface area contributed by atoms with Crippen molar-refractivity contribution in [3.05, 3.63) is 12.4 Å². The Morgan fingerprint density at radius 2 is 2.21 bits per heavy atom. The highest BCUT2D eigenvalue weighted by atomic mass is 16.2. The molecule has 0 spiro atoms. The number of nitrogens with one attached hydrogen (secondary N) is 1. The van der Waals surface area contributed by atoms with Crippen molar-refractivity contribution in [2.45, 2.75) is 37.8 Å². The Morgan fingerprint density at radius 3 is 2.74 bits per heavy atom. The number of nitrogens with zero attached hydrogens (tertiary/aromatic N) is 3. The van der Waals surface area contributed by atoms with Crippen molar-refractivity contribution >= 4 is 11.6 Å². The van der Waals surface area contributed by atoms with E-state index in [1.165, 1.54) is 12.8 Å². The van der Waals surface area contributed by atoms with Gasteiger partial charge in [0.25, 0.3) is 0 Å². The zero-order valence-electron chi connectivity index (χ0n) is 11.7. The maximum Gasteiger partial charge on any atom is 0.241 e. The van der Waals surface area contributed by atoms with Crippen molar-refractivity contribution in [3.8, 4) is 0 Å². The van der Waals surface area contributed by atoms with Gasteiger partial charge in [-0.2, -0.15) is 5.10 Å². The van der Waals surface area contributed by atoms with Gasteiger partial charge < -0.3 is 16.0 Å². The van der Waals surface area contributed by atoms with Crippen molar-refractivity contribution in [2.24, 2.45) is 0 Å². The number of amides is 1. The fourth-order valence-corrected chi connectivity index (χ4v) is 2.75. The van der Waals surface area contributed by atoms with Gasteiger partial charge in [-0.1, -0.05) is 12.8 Å².